The van der Waals surface area contributed by atoms with Crippen LogP contribution < -0.4 is 5.32 Å². The van der Waals surface area contributed by atoms with Crippen molar-refractivity contribution in [1.82, 2.24) is 5.32 Å². The van der Waals surface area contributed by atoms with Gasteiger partial charge in [-0.3, -0.25) is 0 Å². The van der Waals surface area contributed by atoms with Crippen molar-refractivity contribution in [2.24, 2.45) is 29.6 Å². The molecule has 0 saturated heterocycles. The number of rotatable bonds is 4. The van der Waals surface area contributed by atoms with E-state index in [9.17, 15) is 0 Å². The van der Waals surface area contributed by atoms with Crippen LogP contribution in [0, 0.1) is 29.6 Å². The molecule has 1 aromatic carbocycles. The maximum Gasteiger partial charge on any atom is 0.00200 e. The van der Waals surface area contributed by atoms with Gasteiger partial charge in [-0.1, -0.05) is 30.3 Å². The van der Waals surface area contributed by atoms with Crippen LogP contribution in [-0.4, -0.2) is 13.6 Å². The molecule has 1 heteroatoms. The van der Waals surface area contributed by atoms with E-state index in [-0.39, 0.29) is 0 Å². The van der Waals surface area contributed by atoms with Gasteiger partial charge in [0.1, 0.15) is 0 Å². The van der Waals surface area contributed by atoms with Gasteiger partial charge in [0.2, 0.25) is 0 Å². The SMILES string of the molecule is CNCC(c1ccccc1)C1C2CC3CC(C2)CC1C3. The van der Waals surface area contributed by atoms with Gasteiger partial charge in [-0.15, -0.1) is 0 Å². The zero-order valence-electron chi connectivity index (χ0n) is 12.6. The predicted molar refractivity (Wildman–Crippen MR) is 83.6 cm³/mol. The zero-order chi connectivity index (χ0) is 13.5. The quantitative estimate of drug-likeness (QED) is 0.869. The molecule has 1 unspecified atom stereocenters. The first-order chi connectivity index (χ1) is 9.85. The Labute approximate surface area is 123 Å². The topological polar surface area (TPSA) is 12.0 Å². The van der Waals surface area contributed by atoms with Gasteiger partial charge in [-0.05, 0) is 80.2 Å². The first-order valence-corrected chi connectivity index (χ1v) is 8.54. The van der Waals surface area contributed by atoms with Gasteiger partial charge in [0.25, 0.3) is 0 Å². The normalized spacial score (nSPS) is 40.0. The molecule has 5 rings (SSSR count). The third-order valence-corrected chi connectivity index (χ3v) is 6.42. The lowest BCUT2D eigenvalue weighted by atomic mass is 9.49. The third kappa shape index (κ3) is 2.11. The Morgan fingerprint density at radius 2 is 1.55 bits per heavy atom. The molecule has 1 atom stereocenters. The highest BCUT2D eigenvalue weighted by molar-refractivity contribution is 5.22. The van der Waals surface area contributed by atoms with Gasteiger partial charge < -0.3 is 5.32 Å². The Morgan fingerprint density at radius 1 is 0.950 bits per heavy atom. The van der Waals surface area contributed by atoms with Gasteiger partial charge in [0.05, 0.1) is 0 Å². The molecule has 1 nitrogen and oxygen atoms in total. The molecule has 108 valence electrons. The lowest BCUT2D eigenvalue weighted by Crippen LogP contribution is -2.48. The van der Waals surface area contributed by atoms with Crippen LogP contribution in [0.3, 0.4) is 0 Å². The molecular weight excluding hydrogens is 242 g/mol. The summed E-state index contributed by atoms with van der Waals surface area (Å²) in [5.74, 6) is 5.88. The van der Waals surface area contributed by atoms with Crippen molar-refractivity contribution in [2.45, 2.75) is 38.0 Å². The molecule has 0 aromatic heterocycles. The summed E-state index contributed by atoms with van der Waals surface area (Å²) >= 11 is 0. The Hall–Kier alpha value is -0.820. The van der Waals surface area contributed by atoms with Crippen molar-refractivity contribution in [1.29, 1.82) is 0 Å². The molecule has 4 aliphatic carbocycles. The first kappa shape index (κ1) is 12.9. The van der Waals surface area contributed by atoms with Crippen LogP contribution in [0.4, 0.5) is 0 Å². The van der Waals surface area contributed by atoms with Crippen LogP contribution in [0.5, 0.6) is 0 Å². The Bertz CT molecular complexity index is 424. The van der Waals surface area contributed by atoms with Crippen LogP contribution in [0.1, 0.15) is 43.6 Å². The lowest BCUT2D eigenvalue weighted by Gasteiger charge is -2.56. The minimum absolute atomic E-state index is 0.733. The Kier molecular flexibility index (Phi) is 3.34. The van der Waals surface area contributed by atoms with Crippen molar-refractivity contribution in [2.75, 3.05) is 13.6 Å². The fourth-order valence-electron chi connectivity index (χ4n) is 6.02. The number of benzene rings is 1. The molecule has 4 saturated carbocycles. The van der Waals surface area contributed by atoms with E-state index in [4.69, 9.17) is 0 Å². The highest BCUT2D eigenvalue weighted by Gasteiger charge is 2.50. The third-order valence-electron chi connectivity index (χ3n) is 6.42. The maximum absolute atomic E-state index is 3.48. The van der Waals surface area contributed by atoms with Crippen LogP contribution in [0.15, 0.2) is 30.3 Å². The van der Waals surface area contributed by atoms with Gasteiger partial charge >= 0.3 is 0 Å². The lowest BCUT2D eigenvalue weighted by molar-refractivity contribution is -0.0475. The summed E-state index contributed by atoms with van der Waals surface area (Å²) in [6.07, 6.45) is 7.69. The van der Waals surface area contributed by atoms with Crippen molar-refractivity contribution >= 4 is 0 Å². The molecule has 0 spiro atoms. The van der Waals surface area contributed by atoms with Gasteiger partial charge in [-0.2, -0.15) is 0 Å². The molecule has 0 radical (unpaired) electrons. The smallest absolute Gasteiger partial charge is 0.00200 e. The average molecular weight is 269 g/mol. The van der Waals surface area contributed by atoms with Crippen LogP contribution in [0.2, 0.25) is 0 Å². The first-order valence-electron chi connectivity index (χ1n) is 8.54. The Morgan fingerprint density at radius 3 is 2.10 bits per heavy atom. The second-order valence-corrected chi connectivity index (χ2v) is 7.58. The van der Waals surface area contributed by atoms with E-state index in [1.54, 1.807) is 12.0 Å². The summed E-state index contributed by atoms with van der Waals surface area (Å²) in [4.78, 5) is 0. The summed E-state index contributed by atoms with van der Waals surface area (Å²) in [7, 11) is 2.12. The molecular formula is C19H27N. The van der Waals surface area contributed by atoms with E-state index < -0.39 is 0 Å². The number of hydrogen-bond acceptors (Lipinski definition) is 1. The fraction of sp³-hybridized carbons (Fsp3) is 0.684. The minimum atomic E-state index is 0.733. The second kappa shape index (κ2) is 5.18. The monoisotopic (exact) mass is 269 g/mol. The maximum atomic E-state index is 3.48. The fourth-order valence-corrected chi connectivity index (χ4v) is 6.02. The molecule has 20 heavy (non-hydrogen) atoms. The van der Waals surface area contributed by atoms with E-state index in [1.165, 1.54) is 25.7 Å². The van der Waals surface area contributed by atoms with E-state index >= 15 is 0 Å². The van der Waals surface area contributed by atoms with Gasteiger partial charge in [0.15, 0.2) is 0 Å². The van der Waals surface area contributed by atoms with Gasteiger partial charge in [0, 0.05) is 6.54 Å². The summed E-state index contributed by atoms with van der Waals surface area (Å²) in [6, 6.07) is 11.3. The van der Waals surface area contributed by atoms with E-state index in [0.29, 0.717) is 0 Å². The molecule has 4 bridgehead atoms. The van der Waals surface area contributed by atoms with Crippen molar-refractivity contribution in [3.63, 3.8) is 0 Å². The van der Waals surface area contributed by atoms with E-state index in [1.807, 2.05) is 0 Å². The highest BCUT2D eigenvalue weighted by atomic mass is 14.8. The average Bonchev–Trinajstić information content (AvgIpc) is 2.46. The number of likely N-dealkylation sites (N-methyl/N-ethyl adjacent to an activating group) is 1. The predicted octanol–water partition coefficient (Wildman–Crippen LogP) is 4.06. The molecule has 0 heterocycles. The van der Waals surface area contributed by atoms with Gasteiger partial charge in [-0.25, -0.2) is 0 Å². The molecule has 1 aromatic rings. The number of nitrogens with one attached hydrogen (secondary N) is 1. The Balaban J connectivity index is 1.63. The van der Waals surface area contributed by atoms with Crippen molar-refractivity contribution in [3.8, 4) is 0 Å². The van der Waals surface area contributed by atoms with Crippen molar-refractivity contribution < 1.29 is 0 Å². The number of hydrogen-bond donors (Lipinski definition) is 1. The van der Waals surface area contributed by atoms with Crippen LogP contribution >= 0.6 is 0 Å². The molecule has 0 amide bonds. The molecule has 4 fully saturated rings. The summed E-state index contributed by atoms with van der Waals surface area (Å²) < 4.78 is 0. The summed E-state index contributed by atoms with van der Waals surface area (Å²) in [5.41, 5.74) is 1.57. The zero-order valence-corrected chi connectivity index (χ0v) is 12.6. The molecule has 4 aliphatic rings. The van der Waals surface area contributed by atoms with E-state index in [0.717, 1.165) is 42.1 Å². The highest BCUT2D eigenvalue weighted by Crippen LogP contribution is 2.59. The largest absolute Gasteiger partial charge is 0.319 e. The van der Waals surface area contributed by atoms with Crippen molar-refractivity contribution in [3.05, 3.63) is 35.9 Å². The van der Waals surface area contributed by atoms with Crippen LogP contribution in [0.25, 0.3) is 0 Å². The molecule has 0 aliphatic heterocycles. The summed E-state index contributed by atoms with van der Waals surface area (Å²) in [6.45, 7) is 1.15. The summed E-state index contributed by atoms with van der Waals surface area (Å²) in [5, 5.41) is 3.48. The standard InChI is InChI=1S/C19H27N/c1-20-12-18(15-5-3-2-4-6-15)19-16-8-13-7-14(10-16)11-17(19)9-13/h2-6,13-14,16-20H,7-12H2,1H3. The second-order valence-electron chi connectivity index (χ2n) is 7.58. The van der Waals surface area contributed by atoms with E-state index in [2.05, 4.69) is 42.7 Å². The minimum Gasteiger partial charge on any atom is -0.319 e. The van der Waals surface area contributed by atoms with Crippen LogP contribution in [-0.2, 0) is 0 Å². The molecule has 1 N–H and O–H groups in total.